The van der Waals surface area contributed by atoms with Gasteiger partial charge < -0.3 is 5.73 Å². The Morgan fingerprint density at radius 3 is 2.47 bits per heavy atom. The van der Waals surface area contributed by atoms with Crippen molar-refractivity contribution in [3.05, 3.63) is 101 Å². The fourth-order valence-corrected chi connectivity index (χ4v) is 4.00. The molecule has 0 unspecified atom stereocenters. The largest absolute Gasteiger partial charge is 0.366 e. The average Bonchev–Trinajstić information content (AvgIpc) is 3.18. The molecule has 4 rings (SSSR count). The zero-order chi connectivity index (χ0) is 24.5. The van der Waals surface area contributed by atoms with Crippen LogP contribution in [0, 0.1) is 17.0 Å². The van der Waals surface area contributed by atoms with Crippen molar-refractivity contribution < 1.29 is 13.6 Å². The summed E-state index contributed by atoms with van der Waals surface area (Å²) in [6, 6.07) is 16.0. The number of nitrogens with zero attached hydrogens (tertiary/aromatic N) is 4. The molecule has 2 aromatic carbocycles. The van der Waals surface area contributed by atoms with Crippen LogP contribution >= 0.6 is 0 Å². The summed E-state index contributed by atoms with van der Waals surface area (Å²) in [5, 5.41) is 4.57. The van der Waals surface area contributed by atoms with E-state index in [1.165, 1.54) is 0 Å². The number of halogens is 2. The highest BCUT2D eigenvalue weighted by Crippen LogP contribution is 2.41. The van der Waals surface area contributed by atoms with E-state index in [9.17, 15) is 13.6 Å². The molecule has 0 spiro atoms. The molecule has 6 nitrogen and oxygen atoms in total. The third kappa shape index (κ3) is 4.71. The number of nitrogens with two attached hydrogens (primary N) is 1. The summed E-state index contributed by atoms with van der Waals surface area (Å²) >= 11 is 0. The summed E-state index contributed by atoms with van der Waals surface area (Å²) in [6.07, 6.45) is 1.59. The molecular weight excluding hydrogens is 436 g/mol. The number of hydrogen-bond acceptors (Lipinski definition) is 4. The molecule has 2 aromatic heterocycles. The molecule has 0 bridgehead atoms. The van der Waals surface area contributed by atoms with Gasteiger partial charge in [0.25, 0.3) is 5.91 Å². The molecule has 0 saturated carbocycles. The van der Waals surface area contributed by atoms with Crippen molar-refractivity contribution >= 4 is 5.91 Å². The van der Waals surface area contributed by atoms with Crippen LogP contribution < -0.4 is 5.73 Å². The molecule has 1 atom stereocenters. The maximum absolute atomic E-state index is 14.6. The minimum Gasteiger partial charge on any atom is -0.366 e. The van der Waals surface area contributed by atoms with Crippen molar-refractivity contribution in [2.45, 2.75) is 33.2 Å². The highest BCUT2D eigenvalue weighted by Gasteiger charge is 2.36. The van der Waals surface area contributed by atoms with Crippen LogP contribution in [0.15, 0.2) is 66.9 Å². The maximum Gasteiger partial charge on any atom is 0.250 e. The van der Waals surface area contributed by atoms with E-state index >= 15 is 0 Å². The number of aromatic nitrogens is 4. The van der Waals surface area contributed by atoms with Crippen molar-refractivity contribution in [3.63, 3.8) is 0 Å². The van der Waals surface area contributed by atoms with E-state index in [4.69, 9.17) is 5.73 Å². The number of hydrogen-bond donors (Lipinski definition) is 1. The lowest BCUT2D eigenvalue weighted by atomic mass is 9.76. The second-order valence-electron chi connectivity index (χ2n) is 9.16. The number of primary amides is 1. The van der Waals surface area contributed by atoms with Crippen LogP contribution in [0.1, 0.15) is 54.1 Å². The monoisotopic (exact) mass is 461 g/mol. The van der Waals surface area contributed by atoms with Gasteiger partial charge in [-0.3, -0.25) is 9.78 Å². The number of benzene rings is 2. The van der Waals surface area contributed by atoms with E-state index in [2.05, 4.69) is 15.1 Å². The zero-order valence-electron chi connectivity index (χ0n) is 19.2. The van der Waals surface area contributed by atoms with Gasteiger partial charge in [0.2, 0.25) is 0 Å². The van der Waals surface area contributed by atoms with E-state index in [1.54, 1.807) is 23.0 Å². The molecule has 8 heteroatoms. The first-order chi connectivity index (χ1) is 16.1. The topological polar surface area (TPSA) is 86.7 Å². The summed E-state index contributed by atoms with van der Waals surface area (Å²) in [5.41, 5.74) is 6.81. The molecule has 1 amide bonds. The Balaban J connectivity index is 1.96. The van der Waals surface area contributed by atoms with Gasteiger partial charge in [-0.25, -0.2) is 18.4 Å². The standard InChI is InChI=1S/C26H25F2N5O/c1-26(2,3)21(22-18(23(29)34)10-7-13-30-22)25-31-24(19-14-17(27)11-12-20(19)28)32-33(25)15-16-8-5-4-6-9-16/h4-14,21H,15H2,1-3H3,(H2,29,34)/t21-/m1/s1. The second kappa shape index (κ2) is 9.13. The minimum absolute atomic E-state index is 0.0446. The lowest BCUT2D eigenvalue weighted by Crippen LogP contribution is -2.28. The van der Waals surface area contributed by atoms with Crippen LogP contribution in [0.5, 0.6) is 0 Å². The van der Waals surface area contributed by atoms with E-state index in [-0.39, 0.29) is 17.0 Å². The Morgan fingerprint density at radius 1 is 1.06 bits per heavy atom. The number of carbonyl (C=O) groups is 1. The molecule has 4 aromatic rings. The molecule has 0 aliphatic carbocycles. The molecule has 0 radical (unpaired) electrons. The predicted octanol–water partition coefficient (Wildman–Crippen LogP) is 4.94. The molecule has 2 N–H and O–H groups in total. The molecule has 0 fully saturated rings. The summed E-state index contributed by atoms with van der Waals surface area (Å²) < 4.78 is 30.2. The van der Waals surface area contributed by atoms with Crippen molar-refractivity contribution in [2.75, 3.05) is 0 Å². The summed E-state index contributed by atoms with van der Waals surface area (Å²) in [7, 11) is 0. The van der Waals surface area contributed by atoms with Gasteiger partial charge >= 0.3 is 0 Å². The first kappa shape index (κ1) is 23.2. The van der Waals surface area contributed by atoms with Crippen molar-refractivity contribution in [1.82, 2.24) is 19.7 Å². The molecule has 0 saturated heterocycles. The average molecular weight is 462 g/mol. The van der Waals surface area contributed by atoms with Crippen LogP contribution in [0.25, 0.3) is 11.4 Å². The van der Waals surface area contributed by atoms with Gasteiger partial charge in [-0.15, -0.1) is 0 Å². The van der Waals surface area contributed by atoms with E-state index in [0.717, 1.165) is 23.8 Å². The Morgan fingerprint density at radius 2 is 1.79 bits per heavy atom. The second-order valence-corrected chi connectivity index (χ2v) is 9.16. The first-order valence-electron chi connectivity index (χ1n) is 10.8. The third-order valence-corrected chi connectivity index (χ3v) is 5.55. The van der Waals surface area contributed by atoms with E-state index in [1.807, 2.05) is 51.1 Å². The highest BCUT2D eigenvalue weighted by molar-refractivity contribution is 5.94. The zero-order valence-corrected chi connectivity index (χ0v) is 19.2. The third-order valence-electron chi connectivity index (χ3n) is 5.55. The fraction of sp³-hybridized carbons (Fsp3) is 0.231. The number of carbonyl (C=O) groups excluding carboxylic acids is 1. The summed E-state index contributed by atoms with van der Waals surface area (Å²) in [6.45, 7) is 6.30. The van der Waals surface area contributed by atoms with Crippen LogP contribution in [0.4, 0.5) is 8.78 Å². The lowest BCUT2D eigenvalue weighted by Gasteiger charge is -2.30. The van der Waals surface area contributed by atoms with Crippen LogP contribution in [-0.2, 0) is 6.54 Å². The Kier molecular flexibility index (Phi) is 6.24. The molecule has 174 valence electrons. The number of rotatable bonds is 6. The fourth-order valence-electron chi connectivity index (χ4n) is 4.00. The molecule has 34 heavy (non-hydrogen) atoms. The van der Waals surface area contributed by atoms with Crippen molar-refractivity contribution in [1.29, 1.82) is 0 Å². The molecule has 2 heterocycles. The summed E-state index contributed by atoms with van der Waals surface area (Å²) in [5.74, 6) is -1.83. The van der Waals surface area contributed by atoms with Gasteiger partial charge in [0.1, 0.15) is 17.5 Å². The summed E-state index contributed by atoms with van der Waals surface area (Å²) in [4.78, 5) is 21.4. The molecule has 0 aliphatic heterocycles. The van der Waals surface area contributed by atoms with Gasteiger partial charge in [0.05, 0.1) is 29.3 Å². The van der Waals surface area contributed by atoms with Crippen LogP contribution in [0.2, 0.25) is 0 Å². The Hall–Kier alpha value is -3.94. The Bertz CT molecular complexity index is 1330. The quantitative estimate of drug-likeness (QED) is 0.440. The van der Waals surface area contributed by atoms with Crippen LogP contribution in [0.3, 0.4) is 0 Å². The first-order valence-corrected chi connectivity index (χ1v) is 10.8. The van der Waals surface area contributed by atoms with Gasteiger partial charge in [0.15, 0.2) is 5.82 Å². The smallest absolute Gasteiger partial charge is 0.250 e. The lowest BCUT2D eigenvalue weighted by molar-refractivity contribution is 0.0998. The van der Waals surface area contributed by atoms with Gasteiger partial charge in [-0.05, 0) is 41.3 Å². The molecular formula is C26H25F2N5O. The normalized spacial score (nSPS) is 12.5. The SMILES string of the molecule is CC(C)(C)[C@H](c1ncccc1C(N)=O)c1nc(-c2cc(F)ccc2F)nn1Cc1ccccc1. The van der Waals surface area contributed by atoms with Gasteiger partial charge in [-0.1, -0.05) is 51.1 Å². The number of pyridine rings is 1. The van der Waals surface area contributed by atoms with E-state index in [0.29, 0.717) is 18.1 Å². The number of amides is 1. The van der Waals surface area contributed by atoms with Crippen LogP contribution in [-0.4, -0.2) is 25.7 Å². The van der Waals surface area contributed by atoms with Gasteiger partial charge in [0, 0.05) is 6.20 Å². The minimum atomic E-state index is -0.632. The van der Waals surface area contributed by atoms with Gasteiger partial charge in [-0.2, -0.15) is 5.10 Å². The van der Waals surface area contributed by atoms with Crippen molar-refractivity contribution in [2.24, 2.45) is 11.1 Å². The van der Waals surface area contributed by atoms with E-state index < -0.39 is 28.9 Å². The van der Waals surface area contributed by atoms with Crippen molar-refractivity contribution in [3.8, 4) is 11.4 Å². The predicted molar refractivity (Wildman–Crippen MR) is 125 cm³/mol. The maximum atomic E-state index is 14.6. The highest BCUT2D eigenvalue weighted by atomic mass is 19.1. The molecule has 0 aliphatic rings. The Labute approximate surface area is 196 Å².